The summed E-state index contributed by atoms with van der Waals surface area (Å²) in [7, 11) is -9.34. The Morgan fingerprint density at radius 2 is 1.50 bits per heavy atom. The molecule has 4 N–H and O–H groups in total. The van der Waals surface area contributed by atoms with Crippen molar-refractivity contribution in [3.63, 3.8) is 0 Å². The molecule has 0 atom stereocenters. The summed E-state index contributed by atoms with van der Waals surface area (Å²) in [5.41, 5.74) is -0.786. The number of hydrogen-bond acceptors (Lipinski definition) is 10. The number of nitrogens with zero attached hydrogens (tertiary/aromatic N) is 4. The molecule has 183 valence electrons. The molecule has 34 heavy (non-hydrogen) atoms. The van der Waals surface area contributed by atoms with E-state index >= 15 is 0 Å². The normalized spacial score (nSPS) is 12.3. The largest absolute Gasteiger partial charge is 0.506 e. The second kappa shape index (κ2) is 10.4. The van der Waals surface area contributed by atoms with Crippen LogP contribution in [0.3, 0.4) is 0 Å². The summed E-state index contributed by atoms with van der Waals surface area (Å²) in [5, 5.41) is 35.9. The van der Waals surface area contributed by atoms with Gasteiger partial charge in [-0.25, -0.2) is 0 Å². The predicted octanol–water partition coefficient (Wildman–Crippen LogP) is 4.43. The third kappa shape index (κ3) is 5.83. The van der Waals surface area contributed by atoms with Crippen LogP contribution in [0.15, 0.2) is 85.4 Å². The maximum Gasteiger partial charge on any atom is 0.296 e. The van der Waals surface area contributed by atoms with Crippen molar-refractivity contribution >= 4 is 48.1 Å². The minimum Gasteiger partial charge on any atom is -0.506 e. The number of hydrogen-bond donors (Lipinski definition) is 4. The van der Waals surface area contributed by atoms with E-state index in [1.807, 2.05) is 0 Å². The van der Waals surface area contributed by atoms with Gasteiger partial charge >= 0.3 is 0 Å². The van der Waals surface area contributed by atoms with E-state index in [0.29, 0.717) is 0 Å². The molecule has 0 unspecified atom stereocenters. The minimum absolute atomic E-state index is 0. The van der Waals surface area contributed by atoms with Crippen LogP contribution in [0.5, 0.6) is 11.5 Å². The van der Waals surface area contributed by atoms with Crippen LogP contribution >= 0.6 is 0 Å². The van der Waals surface area contributed by atoms with Gasteiger partial charge in [-0.05, 0) is 24.3 Å². The molecule has 0 aliphatic rings. The summed E-state index contributed by atoms with van der Waals surface area (Å²) in [5.74, 6) is -1.09. The van der Waals surface area contributed by atoms with E-state index in [2.05, 4.69) is 27.0 Å². The summed E-state index contributed by atoms with van der Waals surface area (Å²) in [4.78, 5) is -1.18. The molecule has 0 aliphatic carbocycles. The number of fused-ring (bicyclic) bond motifs is 1. The van der Waals surface area contributed by atoms with Gasteiger partial charge in [0.15, 0.2) is 0 Å². The molecule has 15 heteroatoms. The molecular formula is C19H16CuN4O8S2. The van der Waals surface area contributed by atoms with Gasteiger partial charge in [0.1, 0.15) is 27.8 Å². The van der Waals surface area contributed by atoms with Crippen LogP contribution in [0.1, 0.15) is 0 Å². The van der Waals surface area contributed by atoms with Crippen LogP contribution in [0.2, 0.25) is 0 Å². The van der Waals surface area contributed by atoms with Gasteiger partial charge in [0.2, 0.25) is 0 Å². The first-order chi connectivity index (χ1) is 15.4. The van der Waals surface area contributed by atoms with E-state index in [1.165, 1.54) is 18.2 Å². The third-order valence-electron chi connectivity index (χ3n) is 4.23. The molecule has 3 aromatic rings. The van der Waals surface area contributed by atoms with Crippen molar-refractivity contribution in [1.29, 1.82) is 0 Å². The number of benzene rings is 3. The Kier molecular flexibility index (Phi) is 8.26. The fourth-order valence-corrected chi connectivity index (χ4v) is 3.94. The summed E-state index contributed by atoms with van der Waals surface area (Å²) in [6, 6.07) is 7.72. The van der Waals surface area contributed by atoms with Gasteiger partial charge in [0.05, 0.1) is 17.1 Å². The minimum atomic E-state index is -4.76. The first-order valence-electron chi connectivity index (χ1n) is 8.90. The Labute approximate surface area is 204 Å². The standard InChI is InChI=1S/C19H16N4O8S2.Cu/c1-2-8-20-21-14-10-16(25)18(12-7-6-11(9-13(12)14)32(26,27)28)22-23-19-15(24)4-3-5-17(19)33(29,30)31;/h2-7,9-10,24-25H,1,8H2,(H,26,27,28)(H,29,30,31);. The molecular weight excluding hydrogens is 540 g/mol. The van der Waals surface area contributed by atoms with E-state index in [1.54, 1.807) is 0 Å². The van der Waals surface area contributed by atoms with Gasteiger partial charge in [-0.15, -0.1) is 16.8 Å². The van der Waals surface area contributed by atoms with E-state index in [9.17, 15) is 36.2 Å². The van der Waals surface area contributed by atoms with Crippen LogP contribution in [0, 0.1) is 0 Å². The molecule has 0 aromatic heterocycles. The summed E-state index contributed by atoms with van der Waals surface area (Å²) in [6.07, 6.45) is 1.46. The molecule has 0 saturated carbocycles. The van der Waals surface area contributed by atoms with Crippen molar-refractivity contribution in [3.8, 4) is 11.5 Å². The van der Waals surface area contributed by atoms with Gasteiger partial charge in [0.25, 0.3) is 20.2 Å². The Morgan fingerprint density at radius 1 is 0.824 bits per heavy atom. The summed E-state index contributed by atoms with van der Waals surface area (Å²) < 4.78 is 65.0. The molecule has 0 saturated heterocycles. The van der Waals surface area contributed by atoms with Crippen molar-refractivity contribution in [1.82, 2.24) is 0 Å². The van der Waals surface area contributed by atoms with Crippen molar-refractivity contribution in [3.05, 3.63) is 55.1 Å². The molecule has 0 heterocycles. The summed E-state index contributed by atoms with van der Waals surface area (Å²) >= 11 is 0. The van der Waals surface area contributed by atoms with E-state index in [0.717, 1.165) is 30.3 Å². The second-order valence-electron chi connectivity index (χ2n) is 6.46. The zero-order chi connectivity index (χ0) is 24.4. The van der Waals surface area contributed by atoms with Crippen LogP contribution in [0.25, 0.3) is 10.8 Å². The molecule has 3 aromatic carbocycles. The SMILES string of the molecule is C=CCN=Nc1cc(O)c(N=Nc2c(O)cccc2S(=O)(=O)O)c2ccc(S(=O)(=O)O)cc12.[Cu]. The van der Waals surface area contributed by atoms with Crippen molar-refractivity contribution in [2.75, 3.05) is 6.54 Å². The van der Waals surface area contributed by atoms with Crippen LogP contribution in [0.4, 0.5) is 17.1 Å². The van der Waals surface area contributed by atoms with Crippen LogP contribution in [-0.2, 0) is 37.3 Å². The van der Waals surface area contributed by atoms with Crippen molar-refractivity contribution in [2.24, 2.45) is 20.5 Å². The van der Waals surface area contributed by atoms with Gasteiger partial charge in [-0.3, -0.25) is 9.11 Å². The smallest absolute Gasteiger partial charge is 0.296 e. The van der Waals surface area contributed by atoms with Crippen molar-refractivity contribution < 1.29 is 53.2 Å². The fraction of sp³-hybridized carbons (Fsp3) is 0.0526. The number of phenolic OH excluding ortho intramolecular Hbond substituents is 2. The van der Waals surface area contributed by atoms with E-state index in [4.69, 9.17) is 0 Å². The Bertz CT molecular complexity index is 1540. The average molecular weight is 556 g/mol. The molecule has 0 fully saturated rings. The van der Waals surface area contributed by atoms with Gasteiger partial charge in [-0.1, -0.05) is 18.2 Å². The van der Waals surface area contributed by atoms with Crippen LogP contribution < -0.4 is 0 Å². The van der Waals surface area contributed by atoms with Gasteiger partial charge < -0.3 is 10.2 Å². The predicted molar refractivity (Wildman–Crippen MR) is 117 cm³/mol. The second-order valence-corrected chi connectivity index (χ2v) is 9.27. The van der Waals surface area contributed by atoms with E-state index in [-0.39, 0.29) is 45.8 Å². The number of aromatic hydroxyl groups is 2. The van der Waals surface area contributed by atoms with Crippen molar-refractivity contribution in [2.45, 2.75) is 9.79 Å². The topological polar surface area (TPSA) is 199 Å². The van der Waals surface area contributed by atoms with E-state index < -0.39 is 47.2 Å². The Morgan fingerprint density at radius 3 is 2.12 bits per heavy atom. The van der Waals surface area contributed by atoms with Gasteiger partial charge in [0, 0.05) is 33.9 Å². The van der Waals surface area contributed by atoms with Gasteiger partial charge in [-0.2, -0.15) is 27.1 Å². The number of azo groups is 2. The number of phenols is 2. The van der Waals surface area contributed by atoms with Crippen LogP contribution in [-0.4, -0.2) is 42.7 Å². The Hall–Kier alpha value is -3.20. The summed E-state index contributed by atoms with van der Waals surface area (Å²) in [6.45, 7) is 3.63. The zero-order valence-electron chi connectivity index (χ0n) is 16.9. The quantitative estimate of drug-likeness (QED) is 0.142. The molecule has 0 aliphatic heterocycles. The Balaban J connectivity index is 0.00000408. The third-order valence-corrected chi connectivity index (χ3v) is 5.97. The maximum absolute atomic E-state index is 11.6. The average Bonchev–Trinajstić information content (AvgIpc) is 2.72. The maximum atomic E-state index is 11.6. The molecule has 1 radical (unpaired) electrons. The molecule has 0 bridgehead atoms. The monoisotopic (exact) mass is 555 g/mol. The molecule has 12 nitrogen and oxygen atoms in total. The first-order valence-corrected chi connectivity index (χ1v) is 11.8. The fourth-order valence-electron chi connectivity index (χ4n) is 2.80. The molecule has 0 spiro atoms. The zero-order valence-corrected chi connectivity index (χ0v) is 19.4. The first kappa shape index (κ1) is 27.0. The molecule has 3 rings (SSSR count). The molecule has 0 amide bonds. The number of rotatable bonds is 7.